The van der Waals surface area contributed by atoms with Crippen molar-refractivity contribution in [2.75, 3.05) is 18.5 Å². The van der Waals surface area contributed by atoms with E-state index in [1.54, 1.807) is 18.2 Å². The number of nitrogens with zero attached hydrogens (tertiary/aromatic N) is 1. The molecule has 0 bridgehead atoms. The van der Waals surface area contributed by atoms with Gasteiger partial charge in [-0.05, 0) is 25.3 Å². The fourth-order valence-corrected chi connectivity index (χ4v) is 5.77. The number of carboxylic acids is 1. The number of fused-ring (bicyclic) bond motifs is 4. The van der Waals surface area contributed by atoms with Gasteiger partial charge in [0.25, 0.3) is 0 Å². The van der Waals surface area contributed by atoms with E-state index >= 15 is 0 Å². The molecule has 4 heterocycles. The summed E-state index contributed by atoms with van der Waals surface area (Å²) in [6.07, 6.45) is 1.35. The molecule has 4 aliphatic heterocycles. The highest BCUT2D eigenvalue weighted by atomic mass is 35.5. The Labute approximate surface area is 183 Å². The van der Waals surface area contributed by atoms with Crippen molar-refractivity contribution in [2.45, 2.75) is 43.4 Å². The van der Waals surface area contributed by atoms with E-state index in [9.17, 15) is 24.3 Å². The first kappa shape index (κ1) is 20.4. The van der Waals surface area contributed by atoms with Crippen LogP contribution in [0.25, 0.3) is 0 Å². The number of benzene rings is 1. The van der Waals surface area contributed by atoms with Gasteiger partial charge in [0.15, 0.2) is 0 Å². The number of halogens is 1. The number of carboxylic acid groups (broad SMARTS) is 1. The van der Waals surface area contributed by atoms with E-state index in [0.29, 0.717) is 22.9 Å². The lowest BCUT2D eigenvalue weighted by Crippen LogP contribution is -2.53. The van der Waals surface area contributed by atoms with Gasteiger partial charge in [0.2, 0.25) is 17.7 Å². The number of hydrogen-bond donors (Lipinski definition) is 3. The molecule has 1 aromatic carbocycles. The lowest BCUT2D eigenvalue weighted by molar-refractivity contribution is -0.144. The van der Waals surface area contributed by atoms with Crippen molar-refractivity contribution in [2.24, 2.45) is 11.8 Å². The molecule has 0 radical (unpaired) electrons. The number of ether oxygens (including phenoxy) is 1. The number of hydrogen-bond acceptors (Lipinski definition) is 6. The van der Waals surface area contributed by atoms with E-state index in [1.165, 1.54) is 4.90 Å². The maximum atomic E-state index is 13.6. The van der Waals surface area contributed by atoms with Gasteiger partial charge in [0.05, 0.1) is 35.2 Å². The van der Waals surface area contributed by atoms with Crippen LogP contribution in [0.15, 0.2) is 18.2 Å². The Bertz CT molecular complexity index is 993. The van der Waals surface area contributed by atoms with Gasteiger partial charge >= 0.3 is 5.97 Å². The average Bonchev–Trinajstić information content (AvgIpc) is 3.47. The van der Waals surface area contributed by atoms with Crippen LogP contribution in [0.4, 0.5) is 5.69 Å². The Hall–Kier alpha value is -2.49. The minimum Gasteiger partial charge on any atom is -0.481 e. The number of amides is 3. The van der Waals surface area contributed by atoms with Gasteiger partial charge in [-0.3, -0.25) is 29.4 Å². The Kier molecular flexibility index (Phi) is 4.80. The van der Waals surface area contributed by atoms with E-state index in [2.05, 4.69) is 10.6 Å². The second-order valence-electron chi connectivity index (χ2n) is 8.53. The van der Waals surface area contributed by atoms with E-state index in [-0.39, 0.29) is 31.4 Å². The summed E-state index contributed by atoms with van der Waals surface area (Å²) in [5, 5.41) is 15.5. The lowest BCUT2D eigenvalue weighted by Gasteiger charge is -2.30. The first-order valence-electron chi connectivity index (χ1n) is 10.4. The van der Waals surface area contributed by atoms with Crippen LogP contribution in [0.5, 0.6) is 0 Å². The second-order valence-corrected chi connectivity index (χ2v) is 8.94. The molecule has 9 nitrogen and oxygen atoms in total. The maximum absolute atomic E-state index is 13.6. The Balaban J connectivity index is 1.57. The molecular weight excluding hydrogens is 426 g/mol. The Morgan fingerprint density at radius 3 is 2.81 bits per heavy atom. The first-order chi connectivity index (χ1) is 14.8. The molecule has 5 rings (SSSR count). The predicted octanol–water partition coefficient (Wildman–Crippen LogP) is 1.10. The SMILES string of the molecule is O=C(O)CC[C@@H]1N[C@@]2(C(=O)Nc3c(Cl)cccc32)[C@H]2C(=O)N(C[C@@H]3CCCO3)C(=O)[C@@H]12. The second kappa shape index (κ2) is 7.29. The van der Waals surface area contributed by atoms with Gasteiger partial charge in [0, 0.05) is 24.6 Å². The molecule has 164 valence electrons. The minimum absolute atomic E-state index is 0.119. The number of carbonyl (C=O) groups excluding carboxylic acids is 3. The molecule has 5 atom stereocenters. The van der Waals surface area contributed by atoms with Crippen LogP contribution in [-0.2, 0) is 29.5 Å². The summed E-state index contributed by atoms with van der Waals surface area (Å²) in [6.45, 7) is 0.741. The van der Waals surface area contributed by atoms with Gasteiger partial charge < -0.3 is 15.2 Å². The molecule has 31 heavy (non-hydrogen) atoms. The quantitative estimate of drug-likeness (QED) is 0.577. The van der Waals surface area contributed by atoms with Crippen molar-refractivity contribution in [3.8, 4) is 0 Å². The summed E-state index contributed by atoms with van der Waals surface area (Å²) >= 11 is 6.29. The van der Waals surface area contributed by atoms with Gasteiger partial charge in [-0.25, -0.2) is 0 Å². The zero-order valence-electron chi connectivity index (χ0n) is 16.6. The van der Waals surface area contributed by atoms with Gasteiger partial charge in [0.1, 0.15) is 5.54 Å². The van der Waals surface area contributed by atoms with Crippen LogP contribution in [0, 0.1) is 11.8 Å². The molecule has 0 unspecified atom stereocenters. The van der Waals surface area contributed by atoms with Gasteiger partial charge in [-0.1, -0.05) is 23.7 Å². The lowest BCUT2D eigenvalue weighted by atomic mass is 9.76. The largest absolute Gasteiger partial charge is 0.481 e. The first-order valence-corrected chi connectivity index (χ1v) is 10.8. The zero-order valence-corrected chi connectivity index (χ0v) is 17.4. The van der Waals surface area contributed by atoms with Crippen LogP contribution in [0.2, 0.25) is 5.02 Å². The number of aliphatic carboxylic acids is 1. The number of rotatable bonds is 5. The van der Waals surface area contributed by atoms with Crippen LogP contribution >= 0.6 is 11.6 Å². The molecule has 3 amide bonds. The average molecular weight is 448 g/mol. The van der Waals surface area contributed by atoms with E-state index < -0.39 is 41.2 Å². The van der Waals surface area contributed by atoms with Gasteiger partial charge in [-0.2, -0.15) is 0 Å². The third-order valence-corrected chi connectivity index (χ3v) is 7.18. The highest BCUT2D eigenvalue weighted by molar-refractivity contribution is 6.35. The fourth-order valence-electron chi connectivity index (χ4n) is 5.55. The number of para-hydroxylation sites is 1. The summed E-state index contributed by atoms with van der Waals surface area (Å²) in [7, 11) is 0. The van der Waals surface area contributed by atoms with Crippen molar-refractivity contribution in [1.82, 2.24) is 10.2 Å². The minimum atomic E-state index is -1.47. The van der Waals surface area contributed by atoms with E-state index in [4.69, 9.17) is 16.3 Å². The Morgan fingerprint density at radius 1 is 1.29 bits per heavy atom. The van der Waals surface area contributed by atoms with Crippen LogP contribution in [-0.4, -0.2) is 59.0 Å². The molecule has 1 spiro atoms. The maximum Gasteiger partial charge on any atom is 0.303 e. The molecule has 3 saturated heterocycles. The van der Waals surface area contributed by atoms with Gasteiger partial charge in [-0.15, -0.1) is 0 Å². The van der Waals surface area contributed by atoms with Crippen LogP contribution in [0.1, 0.15) is 31.2 Å². The molecule has 0 saturated carbocycles. The standard InChI is InChI=1S/C21H22ClN3O6/c22-12-5-1-4-11-17(12)23-20(30)21(11)16-15(13(24-21)6-7-14(26)27)18(28)25(19(16)29)9-10-3-2-8-31-10/h1,4-5,10,13,15-16,24H,2-3,6-9H2,(H,23,30)(H,26,27)/t10-,13-,15-,16+,21+/m0/s1. The third-order valence-electron chi connectivity index (χ3n) is 6.87. The number of anilines is 1. The summed E-state index contributed by atoms with van der Waals surface area (Å²) in [4.78, 5) is 52.6. The Morgan fingerprint density at radius 2 is 2.10 bits per heavy atom. The smallest absolute Gasteiger partial charge is 0.303 e. The number of likely N-dealkylation sites (tertiary alicyclic amines) is 1. The van der Waals surface area contributed by atoms with Crippen molar-refractivity contribution in [1.29, 1.82) is 0 Å². The molecular formula is C21H22ClN3O6. The summed E-state index contributed by atoms with van der Waals surface area (Å²) in [6, 6.07) is 4.40. The predicted molar refractivity (Wildman–Crippen MR) is 108 cm³/mol. The van der Waals surface area contributed by atoms with Crippen LogP contribution < -0.4 is 10.6 Å². The summed E-state index contributed by atoms with van der Waals surface area (Å²) < 4.78 is 5.61. The van der Waals surface area contributed by atoms with Crippen LogP contribution in [0.3, 0.4) is 0 Å². The normalized spacial score (nSPS) is 33.8. The summed E-state index contributed by atoms with van der Waals surface area (Å²) in [5.41, 5.74) is -0.540. The molecule has 3 N–H and O–H groups in total. The van der Waals surface area contributed by atoms with E-state index in [0.717, 1.165) is 12.8 Å². The van der Waals surface area contributed by atoms with E-state index in [1.807, 2.05) is 0 Å². The summed E-state index contributed by atoms with van der Waals surface area (Å²) in [5.74, 6) is -4.08. The van der Waals surface area contributed by atoms with Crippen molar-refractivity contribution in [3.05, 3.63) is 28.8 Å². The van der Waals surface area contributed by atoms with Crippen molar-refractivity contribution < 1.29 is 29.0 Å². The highest BCUT2D eigenvalue weighted by Gasteiger charge is 2.70. The fraction of sp³-hybridized carbons (Fsp3) is 0.524. The molecule has 4 aliphatic rings. The third kappa shape index (κ3) is 2.90. The molecule has 0 aliphatic carbocycles. The zero-order chi connectivity index (χ0) is 21.9. The molecule has 3 fully saturated rings. The number of nitrogens with one attached hydrogen (secondary N) is 2. The molecule has 1 aromatic rings. The highest BCUT2D eigenvalue weighted by Crippen LogP contribution is 2.54. The topological polar surface area (TPSA) is 125 Å². The van der Waals surface area contributed by atoms with Crippen molar-refractivity contribution in [3.63, 3.8) is 0 Å². The molecule has 0 aromatic heterocycles. The number of carbonyl (C=O) groups is 4. The van der Waals surface area contributed by atoms with Crippen molar-refractivity contribution >= 4 is 41.0 Å². The number of imide groups is 1. The monoisotopic (exact) mass is 447 g/mol. The molecule has 10 heteroatoms.